The molecule has 0 aromatic heterocycles. The van der Waals surface area contributed by atoms with E-state index in [0.29, 0.717) is 6.04 Å². The van der Waals surface area contributed by atoms with Crippen molar-refractivity contribution in [3.05, 3.63) is 0 Å². The lowest BCUT2D eigenvalue weighted by Gasteiger charge is -2.32. The molecule has 0 aromatic carbocycles. The molecule has 0 amide bonds. The summed E-state index contributed by atoms with van der Waals surface area (Å²) in [5.41, 5.74) is 0.206. The highest BCUT2D eigenvalue weighted by atomic mass is 16.3. The zero-order valence-corrected chi connectivity index (χ0v) is 11.4. The van der Waals surface area contributed by atoms with Crippen LogP contribution in [-0.4, -0.2) is 23.8 Å². The third kappa shape index (κ3) is 5.31. The lowest BCUT2D eigenvalue weighted by Crippen LogP contribution is -2.40. The molecule has 0 heterocycles. The molecule has 0 spiro atoms. The first-order chi connectivity index (χ1) is 7.39. The van der Waals surface area contributed by atoms with Gasteiger partial charge in [-0.1, -0.05) is 20.8 Å². The molecule has 16 heavy (non-hydrogen) atoms. The Labute approximate surface area is 101 Å². The smallest absolute Gasteiger partial charge is 0.0517 e. The van der Waals surface area contributed by atoms with Gasteiger partial charge in [-0.25, -0.2) is 0 Å². The van der Waals surface area contributed by atoms with Crippen molar-refractivity contribution in [2.75, 3.05) is 6.54 Å². The van der Waals surface area contributed by atoms with Crippen molar-refractivity contribution >= 4 is 0 Å². The van der Waals surface area contributed by atoms with E-state index in [0.717, 1.165) is 18.9 Å². The number of nitrogens with one attached hydrogen (secondary N) is 1. The van der Waals surface area contributed by atoms with Crippen LogP contribution in [-0.2, 0) is 0 Å². The van der Waals surface area contributed by atoms with E-state index in [-0.39, 0.29) is 11.5 Å². The summed E-state index contributed by atoms with van der Waals surface area (Å²) in [6.07, 6.45) is 6.08. The Hall–Kier alpha value is -0.0800. The van der Waals surface area contributed by atoms with Gasteiger partial charge in [-0.05, 0) is 50.4 Å². The molecule has 1 fully saturated rings. The van der Waals surface area contributed by atoms with Gasteiger partial charge in [0, 0.05) is 12.6 Å². The molecule has 1 saturated carbocycles. The normalized spacial score (nSPS) is 29.1. The molecule has 2 nitrogen and oxygen atoms in total. The standard InChI is InChI=1S/C14H29NO/c1-11-5-7-13(8-6-11)15-10-14(3,4)9-12(2)16/h11-13,15-16H,5-10H2,1-4H3. The fourth-order valence-electron chi connectivity index (χ4n) is 2.76. The fourth-order valence-corrected chi connectivity index (χ4v) is 2.76. The van der Waals surface area contributed by atoms with Crippen molar-refractivity contribution in [3.8, 4) is 0 Å². The Kier molecular flexibility index (Phi) is 5.26. The molecular formula is C14H29NO. The zero-order valence-electron chi connectivity index (χ0n) is 11.4. The van der Waals surface area contributed by atoms with Crippen molar-refractivity contribution in [1.82, 2.24) is 5.32 Å². The first-order valence-corrected chi connectivity index (χ1v) is 6.80. The SMILES string of the molecule is CC(O)CC(C)(C)CNC1CCC(C)CC1. The topological polar surface area (TPSA) is 32.3 Å². The maximum Gasteiger partial charge on any atom is 0.0517 e. The summed E-state index contributed by atoms with van der Waals surface area (Å²) in [6.45, 7) is 9.73. The van der Waals surface area contributed by atoms with Crippen molar-refractivity contribution < 1.29 is 5.11 Å². The Morgan fingerprint density at radius 3 is 2.31 bits per heavy atom. The predicted octanol–water partition coefficient (Wildman–Crippen LogP) is 2.95. The van der Waals surface area contributed by atoms with E-state index >= 15 is 0 Å². The Morgan fingerprint density at radius 1 is 1.25 bits per heavy atom. The van der Waals surface area contributed by atoms with Gasteiger partial charge in [-0.15, -0.1) is 0 Å². The predicted molar refractivity (Wildman–Crippen MR) is 69.5 cm³/mol. The third-order valence-electron chi connectivity index (χ3n) is 3.73. The van der Waals surface area contributed by atoms with Crippen LogP contribution in [0.3, 0.4) is 0 Å². The molecule has 2 N–H and O–H groups in total. The molecule has 2 heteroatoms. The molecule has 0 aromatic rings. The second-order valence-corrected chi connectivity index (χ2v) is 6.56. The minimum atomic E-state index is -0.192. The van der Waals surface area contributed by atoms with Crippen LogP contribution in [0, 0.1) is 11.3 Å². The average molecular weight is 227 g/mol. The molecule has 96 valence electrons. The van der Waals surface area contributed by atoms with Crippen molar-refractivity contribution in [2.45, 2.75) is 71.9 Å². The second-order valence-electron chi connectivity index (χ2n) is 6.56. The summed E-state index contributed by atoms with van der Waals surface area (Å²) < 4.78 is 0. The van der Waals surface area contributed by atoms with Crippen LogP contribution in [0.15, 0.2) is 0 Å². The van der Waals surface area contributed by atoms with Gasteiger partial charge in [0.2, 0.25) is 0 Å². The highest BCUT2D eigenvalue weighted by Gasteiger charge is 2.23. The molecule has 1 unspecified atom stereocenters. The molecule has 1 aliphatic rings. The quantitative estimate of drug-likeness (QED) is 0.757. The average Bonchev–Trinajstić information content (AvgIpc) is 2.15. The lowest BCUT2D eigenvalue weighted by molar-refractivity contribution is 0.124. The Bertz CT molecular complexity index is 193. The number of aliphatic hydroxyl groups is 1. The van der Waals surface area contributed by atoms with Gasteiger partial charge < -0.3 is 10.4 Å². The molecule has 1 atom stereocenters. The number of rotatable bonds is 5. The van der Waals surface area contributed by atoms with E-state index in [1.807, 2.05) is 6.92 Å². The fraction of sp³-hybridized carbons (Fsp3) is 1.00. The van der Waals surface area contributed by atoms with Crippen LogP contribution in [0.25, 0.3) is 0 Å². The van der Waals surface area contributed by atoms with Crippen LogP contribution in [0.5, 0.6) is 0 Å². The molecule has 0 saturated heterocycles. The van der Waals surface area contributed by atoms with Gasteiger partial charge in [0.1, 0.15) is 0 Å². The molecule has 0 aliphatic heterocycles. The number of aliphatic hydroxyl groups excluding tert-OH is 1. The molecule has 0 radical (unpaired) electrons. The summed E-state index contributed by atoms with van der Waals surface area (Å²) in [7, 11) is 0. The van der Waals surface area contributed by atoms with Gasteiger partial charge in [0.15, 0.2) is 0 Å². The Morgan fingerprint density at radius 2 is 1.81 bits per heavy atom. The van der Waals surface area contributed by atoms with Gasteiger partial charge >= 0.3 is 0 Å². The molecule has 1 rings (SSSR count). The maximum absolute atomic E-state index is 9.43. The van der Waals surface area contributed by atoms with E-state index in [1.165, 1.54) is 25.7 Å². The van der Waals surface area contributed by atoms with Gasteiger partial charge in [-0.3, -0.25) is 0 Å². The second kappa shape index (κ2) is 6.02. The minimum absolute atomic E-state index is 0.192. The zero-order chi connectivity index (χ0) is 12.2. The molecular weight excluding hydrogens is 198 g/mol. The van der Waals surface area contributed by atoms with E-state index in [2.05, 4.69) is 26.1 Å². The van der Waals surface area contributed by atoms with Gasteiger partial charge in [0.25, 0.3) is 0 Å². The van der Waals surface area contributed by atoms with E-state index < -0.39 is 0 Å². The molecule has 1 aliphatic carbocycles. The van der Waals surface area contributed by atoms with Gasteiger partial charge in [0.05, 0.1) is 6.10 Å². The molecule has 0 bridgehead atoms. The van der Waals surface area contributed by atoms with Crippen LogP contribution in [0.2, 0.25) is 0 Å². The van der Waals surface area contributed by atoms with Crippen LogP contribution in [0.1, 0.15) is 59.8 Å². The number of hydrogen-bond acceptors (Lipinski definition) is 2. The first kappa shape index (κ1) is 14.0. The van der Waals surface area contributed by atoms with E-state index in [9.17, 15) is 5.11 Å². The largest absolute Gasteiger partial charge is 0.393 e. The van der Waals surface area contributed by atoms with E-state index in [1.54, 1.807) is 0 Å². The van der Waals surface area contributed by atoms with Crippen LogP contribution in [0.4, 0.5) is 0 Å². The monoisotopic (exact) mass is 227 g/mol. The van der Waals surface area contributed by atoms with E-state index in [4.69, 9.17) is 0 Å². The summed E-state index contributed by atoms with van der Waals surface area (Å²) in [4.78, 5) is 0. The van der Waals surface area contributed by atoms with Crippen molar-refractivity contribution in [1.29, 1.82) is 0 Å². The summed E-state index contributed by atoms with van der Waals surface area (Å²) in [6, 6.07) is 0.712. The van der Waals surface area contributed by atoms with Crippen molar-refractivity contribution in [3.63, 3.8) is 0 Å². The maximum atomic E-state index is 9.43. The highest BCUT2D eigenvalue weighted by Crippen LogP contribution is 2.26. The minimum Gasteiger partial charge on any atom is -0.393 e. The Balaban J connectivity index is 2.23. The lowest BCUT2D eigenvalue weighted by atomic mass is 9.84. The van der Waals surface area contributed by atoms with Crippen LogP contribution < -0.4 is 5.32 Å². The summed E-state index contributed by atoms with van der Waals surface area (Å²) in [5.74, 6) is 0.920. The highest BCUT2D eigenvalue weighted by molar-refractivity contribution is 4.80. The summed E-state index contributed by atoms with van der Waals surface area (Å²) in [5, 5.41) is 13.1. The van der Waals surface area contributed by atoms with Gasteiger partial charge in [-0.2, -0.15) is 0 Å². The third-order valence-corrected chi connectivity index (χ3v) is 3.73. The first-order valence-electron chi connectivity index (χ1n) is 6.80. The van der Waals surface area contributed by atoms with Crippen molar-refractivity contribution in [2.24, 2.45) is 11.3 Å². The summed E-state index contributed by atoms with van der Waals surface area (Å²) >= 11 is 0. The van der Waals surface area contributed by atoms with Crippen LogP contribution >= 0.6 is 0 Å². The number of hydrogen-bond donors (Lipinski definition) is 2.